The van der Waals surface area contributed by atoms with Crippen molar-refractivity contribution in [3.8, 4) is 5.69 Å². The van der Waals surface area contributed by atoms with E-state index in [0.29, 0.717) is 42.2 Å². The minimum atomic E-state index is -0.439. The molecule has 1 N–H and O–H groups in total. The summed E-state index contributed by atoms with van der Waals surface area (Å²) in [7, 11) is 0. The lowest BCUT2D eigenvalue weighted by atomic mass is 9.92. The number of rotatable bonds is 4. The number of nitrogens with one attached hydrogen (secondary N) is 1. The lowest BCUT2D eigenvalue weighted by molar-refractivity contribution is 0.0954. The number of pyridine rings is 1. The van der Waals surface area contributed by atoms with E-state index in [-0.39, 0.29) is 16.9 Å². The first-order valence-corrected chi connectivity index (χ1v) is 9.14. The summed E-state index contributed by atoms with van der Waals surface area (Å²) in [6.07, 6.45) is 1.82. The van der Waals surface area contributed by atoms with E-state index in [4.69, 9.17) is 0 Å². The molecule has 0 fully saturated rings. The molecular formula is C21H24N2O3. The van der Waals surface area contributed by atoms with Gasteiger partial charge in [-0.2, -0.15) is 0 Å². The Bertz CT molecular complexity index is 908. The van der Waals surface area contributed by atoms with E-state index in [1.807, 2.05) is 24.3 Å². The Hall–Kier alpha value is -2.69. The Morgan fingerprint density at radius 2 is 1.85 bits per heavy atom. The Morgan fingerprint density at radius 3 is 2.46 bits per heavy atom. The third-order valence-corrected chi connectivity index (χ3v) is 4.82. The lowest BCUT2D eigenvalue weighted by Gasteiger charge is -2.22. The number of hydrogen-bond acceptors (Lipinski definition) is 3. The van der Waals surface area contributed by atoms with Crippen LogP contribution < -0.4 is 10.9 Å². The van der Waals surface area contributed by atoms with E-state index in [1.54, 1.807) is 11.5 Å². The van der Waals surface area contributed by atoms with Gasteiger partial charge in [0.15, 0.2) is 5.78 Å². The van der Waals surface area contributed by atoms with Gasteiger partial charge < -0.3 is 5.32 Å². The van der Waals surface area contributed by atoms with Crippen molar-refractivity contribution < 1.29 is 9.59 Å². The second-order valence-electron chi connectivity index (χ2n) is 6.94. The average Bonchev–Trinajstić information content (AvgIpc) is 2.62. The Morgan fingerprint density at radius 1 is 1.15 bits per heavy atom. The van der Waals surface area contributed by atoms with Crippen LogP contribution in [0.1, 0.15) is 71.5 Å². The summed E-state index contributed by atoms with van der Waals surface area (Å²) in [6.45, 7) is 6.44. The second kappa shape index (κ2) is 7.28. The lowest BCUT2D eigenvalue weighted by Crippen LogP contribution is -2.36. The highest BCUT2D eigenvalue weighted by molar-refractivity contribution is 6.01. The van der Waals surface area contributed by atoms with E-state index < -0.39 is 5.91 Å². The normalized spacial score (nSPS) is 13.6. The highest BCUT2D eigenvalue weighted by Gasteiger charge is 2.26. The van der Waals surface area contributed by atoms with Gasteiger partial charge >= 0.3 is 0 Å². The van der Waals surface area contributed by atoms with Crippen LogP contribution in [0.4, 0.5) is 0 Å². The number of amides is 1. The van der Waals surface area contributed by atoms with Crippen LogP contribution in [0, 0.1) is 0 Å². The van der Waals surface area contributed by atoms with Crippen LogP contribution >= 0.6 is 0 Å². The summed E-state index contributed by atoms with van der Waals surface area (Å²) >= 11 is 0. The minimum Gasteiger partial charge on any atom is -0.352 e. The quantitative estimate of drug-likeness (QED) is 0.918. The molecule has 1 aliphatic rings. The molecule has 0 spiro atoms. The zero-order valence-electron chi connectivity index (χ0n) is 15.5. The van der Waals surface area contributed by atoms with Crippen molar-refractivity contribution in [3.63, 3.8) is 0 Å². The highest BCUT2D eigenvalue weighted by atomic mass is 16.2. The fourth-order valence-electron chi connectivity index (χ4n) is 3.39. The molecule has 0 bridgehead atoms. The first-order chi connectivity index (χ1) is 12.4. The third-order valence-electron chi connectivity index (χ3n) is 4.82. The van der Waals surface area contributed by atoms with Gasteiger partial charge in [-0.25, -0.2) is 0 Å². The van der Waals surface area contributed by atoms with Crippen LogP contribution in [-0.4, -0.2) is 22.8 Å². The molecule has 0 radical (unpaired) electrons. The Labute approximate surface area is 153 Å². The number of nitrogens with zero attached hydrogens (tertiary/aromatic N) is 1. The van der Waals surface area contributed by atoms with E-state index in [2.05, 4.69) is 19.2 Å². The summed E-state index contributed by atoms with van der Waals surface area (Å²) < 4.78 is 1.54. The topological polar surface area (TPSA) is 68.2 Å². The van der Waals surface area contributed by atoms with Gasteiger partial charge in [-0.05, 0) is 49.4 Å². The molecule has 1 aromatic heterocycles. The molecule has 5 nitrogen and oxygen atoms in total. The number of aromatic nitrogens is 1. The number of Topliss-reactive ketones (excluding diaryl/α,β-unsaturated/α-hetero) is 1. The fourth-order valence-corrected chi connectivity index (χ4v) is 3.39. The molecule has 0 unspecified atom stereocenters. The predicted molar refractivity (Wildman–Crippen MR) is 101 cm³/mol. The molecule has 5 heteroatoms. The number of benzene rings is 1. The summed E-state index contributed by atoms with van der Waals surface area (Å²) in [4.78, 5) is 37.8. The van der Waals surface area contributed by atoms with Crippen molar-refractivity contribution in [2.24, 2.45) is 0 Å². The van der Waals surface area contributed by atoms with Gasteiger partial charge in [0.1, 0.15) is 5.56 Å². The largest absolute Gasteiger partial charge is 0.352 e. The minimum absolute atomic E-state index is 0.00986. The summed E-state index contributed by atoms with van der Waals surface area (Å²) in [5.41, 5.74) is 2.71. The molecule has 0 saturated carbocycles. The maximum Gasteiger partial charge on any atom is 0.268 e. The van der Waals surface area contributed by atoms with Crippen molar-refractivity contribution in [3.05, 3.63) is 63.1 Å². The van der Waals surface area contributed by atoms with Crippen LogP contribution in [0.15, 0.2) is 35.1 Å². The first kappa shape index (κ1) is 18.1. The fraction of sp³-hybridized carbons (Fsp3) is 0.381. The van der Waals surface area contributed by atoms with Crippen molar-refractivity contribution in [2.45, 2.75) is 46.0 Å². The summed E-state index contributed by atoms with van der Waals surface area (Å²) in [5, 5.41) is 2.66. The molecule has 1 amide bonds. The zero-order chi connectivity index (χ0) is 18.8. The van der Waals surface area contributed by atoms with Crippen LogP contribution in [0.25, 0.3) is 5.69 Å². The van der Waals surface area contributed by atoms with Gasteiger partial charge in [0.2, 0.25) is 0 Å². The van der Waals surface area contributed by atoms with Crippen LogP contribution in [-0.2, 0) is 6.42 Å². The van der Waals surface area contributed by atoms with Gasteiger partial charge in [0.05, 0.1) is 0 Å². The first-order valence-electron chi connectivity index (χ1n) is 9.14. The second-order valence-corrected chi connectivity index (χ2v) is 6.94. The van der Waals surface area contributed by atoms with Crippen molar-refractivity contribution in [1.82, 2.24) is 9.88 Å². The van der Waals surface area contributed by atoms with Gasteiger partial charge in [0, 0.05) is 29.9 Å². The SMILES string of the molecule is CCNC(=O)c1cc2c(n(-c3ccc(C(C)C)cc3)c1=O)CCCC2=O. The smallest absolute Gasteiger partial charge is 0.268 e. The van der Waals surface area contributed by atoms with Crippen LogP contribution in [0.3, 0.4) is 0 Å². The number of fused-ring (bicyclic) bond motifs is 1. The van der Waals surface area contributed by atoms with Crippen LogP contribution in [0.2, 0.25) is 0 Å². The summed E-state index contributed by atoms with van der Waals surface area (Å²) in [6, 6.07) is 9.23. The van der Waals surface area contributed by atoms with E-state index in [1.165, 1.54) is 11.6 Å². The maximum absolute atomic E-state index is 13.1. The molecule has 0 aliphatic heterocycles. The maximum atomic E-state index is 13.1. The summed E-state index contributed by atoms with van der Waals surface area (Å²) in [5.74, 6) is -0.0616. The van der Waals surface area contributed by atoms with Gasteiger partial charge in [-0.3, -0.25) is 19.0 Å². The molecule has 136 valence electrons. The molecule has 0 saturated heterocycles. The monoisotopic (exact) mass is 352 g/mol. The van der Waals surface area contributed by atoms with Gasteiger partial charge in [0.25, 0.3) is 11.5 Å². The number of ketones is 1. The Kier molecular flexibility index (Phi) is 5.07. The number of carbonyl (C=O) groups excluding carboxylic acids is 2. The highest BCUT2D eigenvalue weighted by Crippen LogP contribution is 2.24. The third kappa shape index (κ3) is 3.21. The van der Waals surface area contributed by atoms with E-state index in [9.17, 15) is 14.4 Å². The van der Waals surface area contributed by atoms with Crippen LogP contribution in [0.5, 0.6) is 0 Å². The standard InChI is InChI=1S/C21H24N2O3/c1-4-22-20(25)17-12-16-18(6-5-7-19(16)24)23(21(17)26)15-10-8-14(9-11-15)13(2)3/h8-13H,4-7H2,1-3H3,(H,22,25). The van der Waals surface area contributed by atoms with Gasteiger partial charge in [-0.15, -0.1) is 0 Å². The zero-order valence-corrected chi connectivity index (χ0v) is 15.5. The molecule has 26 heavy (non-hydrogen) atoms. The predicted octanol–water partition coefficient (Wildman–Crippen LogP) is 3.23. The number of hydrogen-bond donors (Lipinski definition) is 1. The molecule has 1 aromatic carbocycles. The van der Waals surface area contributed by atoms with Crippen molar-refractivity contribution in [2.75, 3.05) is 6.54 Å². The molecule has 3 rings (SSSR count). The molecule has 1 heterocycles. The van der Waals surface area contributed by atoms with E-state index in [0.717, 1.165) is 6.42 Å². The molecule has 2 aromatic rings. The van der Waals surface area contributed by atoms with Crippen molar-refractivity contribution in [1.29, 1.82) is 0 Å². The van der Waals surface area contributed by atoms with Crippen molar-refractivity contribution >= 4 is 11.7 Å². The number of carbonyl (C=O) groups is 2. The molecule has 0 atom stereocenters. The Balaban J connectivity index is 2.24. The molecular weight excluding hydrogens is 328 g/mol. The molecule has 1 aliphatic carbocycles. The van der Waals surface area contributed by atoms with E-state index >= 15 is 0 Å². The average molecular weight is 352 g/mol. The van der Waals surface area contributed by atoms with Gasteiger partial charge in [-0.1, -0.05) is 26.0 Å².